The molecule has 0 saturated carbocycles. The fourth-order valence-corrected chi connectivity index (χ4v) is 3.23. The van der Waals surface area contributed by atoms with Gasteiger partial charge in [-0.15, -0.1) is 11.3 Å². The molecule has 0 spiro atoms. The number of rotatable bonds is 4. The average Bonchev–Trinajstić information content (AvgIpc) is 2.74. The number of hydrogen-bond acceptors (Lipinski definition) is 6. The lowest BCUT2D eigenvalue weighted by molar-refractivity contribution is -0.385. The topological polar surface area (TPSA) is 93.3 Å². The predicted octanol–water partition coefficient (Wildman–Crippen LogP) is 3.21. The van der Waals surface area contributed by atoms with Crippen molar-refractivity contribution in [3.8, 4) is 0 Å². The van der Waals surface area contributed by atoms with Gasteiger partial charge in [0.2, 0.25) is 0 Å². The van der Waals surface area contributed by atoms with Gasteiger partial charge in [-0.3, -0.25) is 10.1 Å². The summed E-state index contributed by atoms with van der Waals surface area (Å²) < 4.78 is 0.759. The van der Waals surface area contributed by atoms with Crippen molar-refractivity contribution < 1.29 is 14.8 Å². The fourth-order valence-electron chi connectivity index (χ4n) is 1.39. The number of aromatic nitrogens is 1. The van der Waals surface area contributed by atoms with Gasteiger partial charge >= 0.3 is 5.97 Å². The van der Waals surface area contributed by atoms with Crippen LogP contribution in [0.5, 0.6) is 0 Å². The molecular formula is C11H8N2O4S2. The number of aromatic carboxylic acids is 1. The van der Waals surface area contributed by atoms with E-state index in [1.807, 2.05) is 12.3 Å². The Bertz CT molecular complexity index is 654. The molecule has 2 aromatic rings. The Balaban J connectivity index is 2.35. The Morgan fingerprint density at radius 2 is 2.26 bits per heavy atom. The van der Waals surface area contributed by atoms with Gasteiger partial charge in [0.1, 0.15) is 5.56 Å². The van der Waals surface area contributed by atoms with Crippen LogP contribution in [0.3, 0.4) is 0 Å². The number of carboxylic acid groups (broad SMARTS) is 1. The second-order valence-corrected chi connectivity index (χ2v) is 5.78. The maximum atomic E-state index is 10.9. The number of nitrogens with zero attached hydrogens (tertiary/aromatic N) is 2. The van der Waals surface area contributed by atoms with Crippen LogP contribution < -0.4 is 0 Å². The van der Waals surface area contributed by atoms with Gasteiger partial charge in [-0.25, -0.2) is 9.78 Å². The van der Waals surface area contributed by atoms with Crippen LogP contribution in [0.2, 0.25) is 0 Å². The van der Waals surface area contributed by atoms with Crippen LogP contribution in [0.15, 0.2) is 32.8 Å². The molecule has 98 valence electrons. The summed E-state index contributed by atoms with van der Waals surface area (Å²) in [7, 11) is 0. The molecule has 0 aliphatic carbocycles. The molecule has 1 heterocycles. The second-order valence-electron chi connectivity index (χ2n) is 3.60. The van der Waals surface area contributed by atoms with Crippen LogP contribution in [-0.4, -0.2) is 21.0 Å². The monoisotopic (exact) mass is 296 g/mol. The number of carboxylic acids is 1. The maximum Gasteiger partial charge on any atom is 0.342 e. The summed E-state index contributed by atoms with van der Waals surface area (Å²) in [6.45, 7) is 1.86. The first kappa shape index (κ1) is 13.5. The van der Waals surface area contributed by atoms with E-state index in [4.69, 9.17) is 5.11 Å². The van der Waals surface area contributed by atoms with Crippen LogP contribution in [0.1, 0.15) is 16.1 Å². The first-order valence-corrected chi connectivity index (χ1v) is 6.78. The number of nitro groups is 1. The molecule has 0 amide bonds. The molecule has 0 fully saturated rings. The first-order chi connectivity index (χ1) is 8.97. The molecule has 2 rings (SSSR count). The Hall–Kier alpha value is -1.93. The maximum absolute atomic E-state index is 10.9. The minimum Gasteiger partial charge on any atom is -0.477 e. The smallest absolute Gasteiger partial charge is 0.342 e. The molecule has 19 heavy (non-hydrogen) atoms. The standard InChI is InChI=1S/C11H8N2O4S2/c1-6-5-18-11(12-6)19-7-2-3-8(10(14)15)9(4-7)13(16)17/h2-5H,1H3,(H,14,15). The van der Waals surface area contributed by atoms with E-state index in [9.17, 15) is 14.9 Å². The van der Waals surface area contributed by atoms with Crippen molar-refractivity contribution in [1.82, 2.24) is 4.98 Å². The highest BCUT2D eigenvalue weighted by atomic mass is 32.2. The number of nitro benzene ring substituents is 1. The summed E-state index contributed by atoms with van der Waals surface area (Å²) in [4.78, 5) is 25.9. The van der Waals surface area contributed by atoms with E-state index in [0.29, 0.717) is 4.90 Å². The van der Waals surface area contributed by atoms with Crippen LogP contribution >= 0.6 is 23.1 Å². The molecule has 0 radical (unpaired) electrons. The van der Waals surface area contributed by atoms with Gasteiger partial charge in [-0.2, -0.15) is 0 Å². The van der Waals surface area contributed by atoms with Crippen molar-refractivity contribution in [1.29, 1.82) is 0 Å². The van der Waals surface area contributed by atoms with E-state index in [0.717, 1.165) is 10.0 Å². The van der Waals surface area contributed by atoms with E-state index in [2.05, 4.69) is 4.98 Å². The minimum atomic E-state index is -1.31. The molecule has 1 N–H and O–H groups in total. The Labute approximate surface area is 116 Å². The second kappa shape index (κ2) is 5.37. The summed E-state index contributed by atoms with van der Waals surface area (Å²) in [6, 6.07) is 4.03. The molecular weight excluding hydrogens is 288 g/mol. The largest absolute Gasteiger partial charge is 0.477 e. The Kier molecular flexibility index (Phi) is 3.82. The zero-order valence-corrected chi connectivity index (χ0v) is 11.3. The third kappa shape index (κ3) is 3.09. The van der Waals surface area contributed by atoms with Gasteiger partial charge in [0.25, 0.3) is 5.69 Å². The lowest BCUT2D eigenvalue weighted by Crippen LogP contribution is -2.02. The van der Waals surface area contributed by atoms with Gasteiger partial charge in [0, 0.05) is 22.0 Å². The predicted molar refractivity (Wildman–Crippen MR) is 71.0 cm³/mol. The molecule has 1 aromatic carbocycles. The zero-order valence-electron chi connectivity index (χ0n) is 9.69. The molecule has 0 unspecified atom stereocenters. The third-order valence-electron chi connectivity index (χ3n) is 2.20. The highest BCUT2D eigenvalue weighted by molar-refractivity contribution is 8.01. The first-order valence-electron chi connectivity index (χ1n) is 5.09. The number of aryl methyl sites for hydroxylation is 1. The van der Waals surface area contributed by atoms with Crippen molar-refractivity contribution in [3.05, 3.63) is 45.0 Å². The van der Waals surface area contributed by atoms with Crippen LogP contribution in [0.4, 0.5) is 5.69 Å². The van der Waals surface area contributed by atoms with E-state index >= 15 is 0 Å². The van der Waals surface area contributed by atoms with Crippen molar-refractivity contribution in [2.75, 3.05) is 0 Å². The Morgan fingerprint density at radius 3 is 2.79 bits per heavy atom. The molecule has 0 saturated heterocycles. The lowest BCUT2D eigenvalue weighted by atomic mass is 10.2. The van der Waals surface area contributed by atoms with Crippen molar-refractivity contribution in [2.45, 2.75) is 16.2 Å². The van der Waals surface area contributed by atoms with Gasteiger partial charge in [-0.1, -0.05) is 11.8 Å². The number of carbonyl (C=O) groups is 1. The fraction of sp³-hybridized carbons (Fsp3) is 0.0909. The molecule has 1 aromatic heterocycles. The van der Waals surface area contributed by atoms with Gasteiger partial charge < -0.3 is 5.11 Å². The van der Waals surface area contributed by atoms with Crippen molar-refractivity contribution in [2.24, 2.45) is 0 Å². The van der Waals surface area contributed by atoms with Crippen LogP contribution in [0.25, 0.3) is 0 Å². The quantitative estimate of drug-likeness (QED) is 0.687. The number of benzene rings is 1. The molecule has 6 nitrogen and oxygen atoms in total. The number of thiazole rings is 1. The molecule has 0 atom stereocenters. The third-order valence-corrected chi connectivity index (χ3v) is 4.25. The minimum absolute atomic E-state index is 0.315. The molecule has 0 aliphatic rings. The van der Waals surface area contributed by atoms with Gasteiger partial charge in [-0.05, 0) is 19.1 Å². The van der Waals surface area contributed by atoms with Crippen molar-refractivity contribution in [3.63, 3.8) is 0 Å². The lowest BCUT2D eigenvalue weighted by Gasteiger charge is -2.01. The van der Waals surface area contributed by atoms with E-state index in [-0.39, 0.29) is 5.56 Å². The SMILES string of the molecule is Cc1csc(Sc2ccc(C(=O)O)c([N+](=O)[O-])c2)n1. The average molecular weight is 296 g/mol. The highest BCUT2D eigenvalue weighted by Gasteiger charge is 2.20. The molecule has 0 aliphatic heterocycles. The molecule has 0 bridgehead atoms. The van der Waals surface area contributed by atoms with E-state index < -0.39 is 16.6 Å². The zero-order chi connectivity index (χ0) is 14.0. The summed E-state index contributed by atoms with van der Waals surface area (Å²) in [5.41, 5.74) is 0.152. The Morgan fingerprint density at radius 1 is 1.53 bits per heavy atom. The van der Waals surface area contributed by atoms with E-state index in [1.165, 1.54) is 41.3 Å². The van der Waals surface area contributed by atoms with E-state index in [1.54, 1.807) is 0 Å². The van der Waals surface area contributed by atoms with Gasteiger partial charge in [0.05, 0.1) is 4.92 Å². The van der Waals surface area contributed by atoms with Gasteiger partial charge in [0.15, 0.2) is 4.34 Å². The van der Waals surface area contributed by atoms with Crippen LogP contribution in [0, 0.1) is 17.0 Å². The number of hydrogen-bond donors (Lipinski definition) is 1. The highest BCUT2D eigenvalue weighted by Crippen LogP contribution is 2.33. The molecule has 8 heteroatoms. The normalized spacial score (nSPS) is 10.4. The summed E-state index contributed by atoms with van der Waals surface area (Å²) in [5.74, 6) is -1.31. The van der Waals surface area contributed by atoms with Crippen LogP contribution in [-0.2, 0) is 0 Å². The van der Waals surface area contributed by atoms with Crippen molar-refractivity contribution >= 4 is 34.8 Å². The summed E-state index contributed by atoms with van der Waals surface area (Å²) in [6.07, 6.45) is 0. The summed E-state index contributed by atoms with van der Waals surface area (Å²) >= 11 is 2.71. The summed E-state index contributed by atoms with van der Waals surface area (Å²) in [5, 5.41) is 21.6.